The molecule has 2 heterocycles. The van der Waals surface area contributed by atoms with Crippen LogP contribution in [0, 0.1) is 0 Å². The number of rotatable bonds is 6. The lowest BCUT2D eigenvalue weighted by Gasteiger charge is -2.23. The molecule has 24 heavy (non-hydrogen) atoms. The second-order valence-corrected chi connectivity index (χ2v) is 6.75. The number of nitrogens with one attached hydrogen (secondary N) is 1. The van der Waals surface area contributed by atoms with Crippen LogP contribution in [0.4, 0.5) is 0 Å². The number of benzene rings is 1. The molecular weight excluding hydrogens is 324 g/mol. The van der Waals surface area contributed by atoms with Gasteiger partial charge in [-0.05, 0) is 35.6 Å². The van der Waals surface area contributed by atoms with Crippen LogP contribution >= 0.6 is 11.3 Å². The number of ether oxygens (including phenoxy) is 1. The molecule has 0 saturated carbocycles. The first kappa shape index (κ1) is 16.5. The average molecular weight is 344 g/mol. The van der Waals surface area contributed by atoms with E-state index < -0.39 is 0 Å². The summed E-state index contributed by atoms with van der Waals surface area (Å²) in [5, 5.41) is 4.92. The highest BCUT2D eigenvalue weighted by atomic mass is 32.1. The van der Waals surface area contributed by atoms with E-state index >= 15 is 0 Å². The molecule has 1 aliphatic heterocycles. The van der Waals surface area contributed by atoms with Gasteiger partial charge in [0.1, 0.15) is 11.8 Å². The van der Waals surface area contributed by atoms with Crippen molar-refractivity contribution in [3.63, 3.8) is 0 Å². The van der Waals surface area contributed by atoms with Gasteiger partial charge in [-0.3, -0.25) is 9.59 Å². The SMILES string of the molecule is COc1ccc(CNC(=O)C2CCC(=O)N2Cc2cccs2)cc1. The average Bonchev–Trinajstić information content (AvgIpc) is 3.24. The topological polar surface area (TPSA) is 58.6 Å². The summed E-state index contributed by atoms with van der Waals surface area (Å²) in [7, 11) is 1.62. The van der Waals surface area contributed by atoms with Crippen LogP contribution in [0.25, 0.3) is 0 Å². The molecular formula is C18H20N2O3S. The second kappa shape index (κ2) is 7.49. The Morgan fingerprint density at radius 1 is 1.33 bits per heavy atom. The third-order valence-corrected chi connectivity index (χ3v) is 5.02. The summed E-state index contributed by atoms with van der Waals surface area (Å²) in [6.07, 6.45) is 1.02. The van der Waals surface area contributed by atoms with Crippen molar-refractivity contribution in [1.82, 2.24) is 10.2 Å². The van der Waals surface area contributed by atoms with Crippen molar-refractivity contribution in [3.8, 4) is 5.75 Å². The van der Waals surface area contributed by atoms with Gasteiger partial charge in [0.2, 0.25) is 11.8 Å². The Morgan fingerprint density at radius 2 is 2.12 bits per heavy atom. The van der Waals surface area contributed by atoms with E-state index in [0.717, 1.165) is 16.2 Å². The quantitative estimate of drug-likeness (QED) is 0.876. The number of carbonyl (C=O) groups is 2. The van der Waals surface area contributed by atoms with E-state index in [-0.39, 0.29) is 17.9 Å². The lowest BCUT2D eigenvalue weighted by molar-refractivity contribution is -0.135. The largest absolute Gasteiger partial charge is 0.497 e. The first-order chi connectivity index (χ1) is 11.7. The van der Waals surface area contributed by atoms with Gasteiger partial charge in [0.05, 0.1) is 13.7 Å². The zero-order chi connectivity index (χ0) is 16.9. The minimum atomic E-state index is -0.377. The van der Waals surface area contributed by atoms with Crippen LogP contribution in [0.2, 0.25) is 0 Å². The standard InChI is InChI=1S/C18H20N2O3S/c1-23-14-6-4-13(5-7-14)11-19-18(22)16-8-9-17(21)20(16)12-15-3-2-10-24-15/h2-7,10,16H,8-9,11-12H2,1H3,(H,19,22). The number of methoxy groups -OCH3 is 1. The highest BCUT2D eigenvalue weighted by molar-refractivity contribution is 7.09. The predicted octanol–water partition coefficient (Wildman–Crippen LogP) is 2.56. The molecule has 0 spiro atoms. The Labute approximate surface area is 145 Å². The van der Waals surface area contributed by atoms with E-state index in [9.17, 15) is 9.59 Å². The number of hydrogen-bond donors (Lipinski definition) is 1. The van der Waals surface area contributed by atoms with Crippen molar-refractivity contribution >= 4 is 23.2 Å². The summed E-state index contributed by atoms with van der Waals surface area (Å²) in [4.78, 5) is 27.4. The third kappa shape index (κ3) is 3.76. The van der Waals surface area contributed by atoms with Crippen molar-refractivity contribution in [1.29, 1.82) is 0 Å². The van der Waals surface area contributed by atoms with Crippen LogP contribution in [-0.2, 0) is 22.7 Å². The van der Waals surface area contributed by atoms with Gasteiger partial charge in [0.15, 0.2) is 0 Å². The smallest absolute Gasteiger partial charge is 0.243 e. The van der Waals surface area contributed by atoms with Gasteiger partial charge in [-0.2, -0.15) is 0 Å². The Kier molecular flexibility index (Phi) is 5.15. The first-order valence-electron chi connectivity index (χ1n) is 7.90. The van der Waals surface area contributed by atoms with Crippen LogP contribution in [0.5, 0.6) is 5.75 Å². The van der Waals surface area contributed by atoms with Gasteiger partial charge < -0.3 is 15.0 Å². The number of hydrogen-bond acceptors (Lipinski definition) is 4. The molecule has 0 bridgehead atoms. The third-order valence-electron chi connectivity index (χ3n) is 4.16. The van der Waals surface area contributed by atoms with Crippen molar-refractivity contribution < 1.29 is 14.3 Å². The summed E-state index contributed by atoms with van der Waals surface area (Å²) in [5.74, 6) is 0.745. The molecule has 1 N–H and O–H groups in total. The molecule has 0 radical (unpaired) electrons. The predicted molar refractivity (Wildman–Crippen MR) is 92.7 cm³/mol. The molecule has 1 unspecified atom stereocenters. The molecule has 1 fully saturated rings. The number of nitrogens with zero attached hydrogens (tertiary/aromatic N) is 1. The van der Waals surface area contributed by atoms with E-state index in [1.165, 1.54) is 0 Å². The fraction of sp³-hybridized carbons (Fsp3) is 0.333. The number of amides is 2. The van der Waals surface area contributed by atoms with Crippen LogP contribution < -0.4 is 10.1 Å². The summed E-state index contributed by atoms with van der Waals surface area (Å²) < 4.78 is 5.12. The van der Waals surface area contributed by atoms with Crippen LogP contribution in [0.1, 0.15) is 23.3 Å². The fourth-order valence-corrected chi connectivity index (χ4v) is 3.53. The highest BCUT2D eigenvalue weighted by Crippen LogP contribution is 2.23. The van der Waals surface area contributed by atoms with Gasteiger partial charge in [-0.1, -0.05) is 18.2 Å². The van der Waals surface area contributed by atoms with E-state index in [2.05, 4.69) is 5.32 Å². The van der Waals surface area contributed by atoms with E-state index in [1.54, 1.807) is 23.3 Å². The molecule has 3 rings (SSSR count). The van der Waals surface area contributed by atoms with Crippen molar-refractivity contribution in [3.05, 3.63) is 52.2 Å². The molecule has 6 heteroatoms. The minimum absolute atomic E-state index is 0.0491. The molecule has 1 atom stereocenters. The monoisotopic (exact) mass is 344 g/mol. The molecule has 126 valence electrons. The summed E-state index contributed by atoms with van der Waals surface area (Å²) in [6, 6.07) is 11.1. The summed E-state index contributed by atoms with van der Waals surface area (Å²) in [5.41, 5.74) is 0.998. The Balaban J connectivity index is 1.59. The number of thiophene rings is 1. The van der Waals surface area contributed by atoms with Crippen molar-refractivity contribution in [2.45, 2.75) is 32.0 Å². The molecule has 5 nitrogen and oxygen atoms in total. The van der Waals surface area contributed by atoms with Crippen LogP contribution in [0.15, 0.2) is 41.8 Å². The van der Waals surface area contributed by atoms with Crippen LogP contribution in [0.3, 0.4) is 0 Å². The zero-order valence-electron chi connectivity index (χ0n) is 13.5. The molecule has 1 saturated heterocycles. The lowest BCUT2D eigenvalue weighted by atomic mass is 10.2. The second-order valence-electron chi connectivity index (χ2n) is 5.72. The maximum Gasteiger partial charge on any atom is 0.243 e. The number of carbonyl (C=O) groups excluding carboxylic acids is 2. The normalized spacial score (nSPS) is 17.1. The zero-order valence-corrected chi connectivity index (χ0v) is 14.3. The molecule has 1 aromatic heterocycles. The van der Waals surface area contributed by atoms with Crippen molar-refractivity contribution in [2.75, 3.05) is 7.11 Å². The maximum atomic E-state index is 12.5. The Bertz CT molecular complexity index is 698. The van der Waals surface area contributed by atoms with Gasteiger partial charge in [0, 0.05) is 17.8 Å². The lowest BCUT2D eigenvalue weighted by Crippen LogP contribution is -2.43. The fourth-order valence-electron chi connectivity index (χ4n) is 2.83. The first-order valence-corrected chi connectivity index (χ1v) is 8.78. The summed E-state index contributed by atoms with van der Waals surface area (Å²) in [6.45, 7) is 0.956. The minimum Gasteiger partial charge on any atom is -0.497 e. The number of likely N-dealkylation sites (tertiary alicyclic amines) is 1. The van der Waals surface area contributed by atoms with Crippen molar-refractivity contribution in [2.24, 2.45) is 0 Å². The van der Waals surface area contributed by atoms with Crippen LogP contribution in [-0.4, -0.2) is 29.9 Å². The highest BCUT2D eigenvalue weighted by Gasteiger charge is 2.35. The summed E-state index contributed by atoms with van der Waals surface area (Å²) >= 11 is 1.60. The van der Waals surface area contributed by atoms with Gasteiger partial charge in [0.25, 0.3) is 0 Å². The Hall–Kier alpha value is -2.34. The molecule has 0 aliphatic carbocycles. The van der Waals surface area contributed by atoms with Gasteiger partial charge in [-0.15, -0.1) is 11.3 Å². The van der Waals surface area contributed by atoms with Gasteiger partial charge >= 0.3 is 0 Å². The molecule has 2 aromatic rings. The Morgan fingerprint density at radius 3 is 2.79 bits per heavy atom. The van der Waals surface area contributed by atoms with E-state index in [0.29, 0.717) is 25.9 Å². The molecule has 1 aliphatic rings. The maximum absolute atomic E-state index is 12.5. The van der Waals surface area contributed by atoms with E-state index in [4.69, 9.17) is 4.74 Å². The molecule has 2 amide bonds. The molecule has 1 aromatic carbocycles. The van der Waals surface area contributed by atoms with E-state index in [1.807, 2.05) is 41.8 Å². The van der Waals surface area contributed by atoms with Gasteiger partial charge in [-0.25, -0.2) is 0 Å².